The van der Waals surface area contributed by atoms with Crippen LogP contribution in [0.3, 0.4) is 0 Å². The van der Waals surface area contributed by atoms with Crippen LogP contribution in [0.1, 0.15) is 18.1 Å². The molecule has 0 radical (unpaired) electrons. The zero-order chi connectivity index (χ0) is 16.6. The van der Waals surface area contributed by atoms with Crippen LogP contribution in [0.4, 0.5) is 0 Å². The lowest BCUT2D eigenvalue weighted by Gasteiger charge is -2.21. The first kappa shape index (κ1) is 16.2. The normalized spacial score (nSPS) is 10.8. The molecule has 0 bridgehead atoms. The van der Waals surface area contributed by atoms with E-state index in [0.717, 1.165) is 31.1 Å². The van der Waals surface area contributed by atoms with E-state index in [1.807, 2.05) is 54.9 Å². The molecule has 0 aliphatic heterocycles. The van der Waals surface area contributed by atoms with E-state index in [1.165, 1.54) is 11.1 Å². The maximum atomic E-state index is 5.93. The van der Waals surface area contributed by atoms with Crippen molar-refractivity contribution in [3.63, 3.8) is 0 Å². The molecule has 0 aliphatic carbocycles. The monoisotopic (exact) mass is 318 g/mol. The zero-order valence-electron chi connectivity index (χ0n) is 13.9. The minimum atomic E-state index is 0.860. The quantitative estimate of drug-likeness (QED) is 0.620. The molecule has 2 aromatic carbocycles. The molecule has 1 aromatic heterocycles. The highest BCUT2D eigenvalue weighted by Crippen LogP contribution is 2.22. The van der Waals surface area contributed by atoms with Crippen LogP contribution in [0.25, 0.3) is 0 Å². The van der Waals surface area contributed by atoms with E-state index < -0.39 is 0 Å². The summed E-state index contributed by atoms with van der Waals surface area (Å²) in [5.74, 6) is 1.73. The summed E-state index contributed by atoms with van der Waals surface area (Å²) in [4.78, 5) is 6.48. The average Bonchev–Trinajstić information content (AvgIpc) is 2.63. The van der Waals surface area contributed by atoms with E-state index in [-0.39, 0.29) is 0 Å². The van der Waals surface area contributed by atoms with Crippen LogP contribution in [-0.4, -0.2) is 16.4 Å². The van der Waals surface area contributed by atoms with Crippen LogP contribution in [-0.2, 0) is 13.1 Å². The molecule has 0 spiro atoms. The number of rotatable bonds is 7. The molecule has 24 heavy (non-hydrogen) atoms. The van der Waals surface area contributed by atoms with E-state index in [2.05, 4.69) is 41.1 Å². The van der Waals surface area contributed by atoms with Crippen LogP contribution >= 0.6 is 0 Å². The highest BCUT2D eigenvalue weighted by Gasteiger charge is 2.06. The number of para-hydroxylation sites is 1. The van der Waals surface area contributed by atoms with Gasteiger partial charge in [-0.2, -0.15) is 0 Å². The van der Waals surface area contributed by atoms with Crippen LogP contribution in [0.15, 0.2) is 79.1 Å². The third-order valence-corrected chi connectivity index (χ3v) is 3.89. The molecule has 0 amide bonds. The standard InChI is InChI=1S/C21H22N2O/c1-2-23(16-18-11-13-22-14-12-18)17-19-7-6-10-21(15-19)24-20-8-4-3-5-9-20/h3-15H,2,16-17H2,1H3. The predicted molar refractivity (Wildman–Crippen MR) is 97.0 cm³/mol. The summed E-state index contributed by atoms with van der Waals surface area (Å²) in [6.07, 6.45) is 3.69. The Bertz CT molecular complexity index is 744. The number of pyridine rings is 1. The molecule has 3 nitrogen and oxygen atoms in total. The fourth-order valence-electron chi connectivity index (χ4n) is 2.62. The van der Waals surface area contributed by atoms with E-state index in [9.17, 15) is 0 Å². The molecule has 0 fully saturated rings. The lowest BCUT2D eigenvalue weighted by Crippen LogP contribution is -2.22. The van der Waals surface area contributed by atoms with Gasteiger partial charge in [0.1, 0.15) is 11.5 Å². The van der Waals surface area contributed by atoms with Crippen LogP contribution in [0.2, 0.25) is 0 Å². The average molecular weight is 318 g/mol. The van der Waals surface area contributed by atoms with Crippen molar-refractivity contribution >= 4 is 0 Å². The van der Waals surface area contributed by atoms with Gasteiger partial charge in [0, 0.05) is 25.5 Å². The number of aromatic nitrogens is 1. The molecule has 3 aromatic rings. The third-order valence-electron chi connectivity index (χ3n) is 3.89. The summed E-state index contributed by atoms with van der Waals surface area (Å²) in [6.45, 7) is 4.99. The Morgan fingerprint density at radius 2 is 1.50 bits per heavy atom. The lowest BCUT2D eigenvalue weighted by molar-refractivity contribution is 0.271. The number of hydrogen-bond acceptors (Lipinski definition) is 3. The van der Waals surface area contributed by atoms with Gasteiger partial charge in [-0.25, -0.2) is 0 Å². The van der Waals surface area contributed by atoms with Crippen molar-refractivity contribution in [3.05, 3.63) is 90.3 Å². The summed E-state index contributed by atoms with van der Waals surface area (Å²) in [5.41, 5.74) is 2.53. The number of hydrogen-bond donors (Lipinski definition) is 0. The molecular weight excluding hydrogens is 296 g/mol. The van der Waals surface area contributed by atoms with Gasteiger partial charge in [-0.3, -0.25) is 9.88 Å². The minimum absolute atomic E-state index is 0.860. The molecule has 0 unspecified atom stereocenters. The molecule has 122 valence electrons. The molecular formula is C21H22N2O. The van der Waals surface area contributed by atoms with Crippen molar-refractivity contribution < 1.29 is 4.74 Å². The van der Waals surface area contributed by atoms with E-state index in [0.29, 0.717) is 0 Å². The summed E-state index contributed by atoms with van der Waals surface area (Å²) < 4.78 is 5.93. The predicted octanol–water partition coefficient (Wildman–Crippen LogP) is 4.90. The number of nitrogens with zero attached hydrogens (tertiary/aromatic N) is 2. The molecule has 0 aliphatic rings. The summed E-state index contributed by atoms with van der Waals surface area (Å²) >= 11 is 0. The van der Waals surface area contributed by atoms with Gasteiger partial charge in [-0.15, -0.1) is 0 Å². The van der Waals surface area contributed by atoms with E-state index >= 15 is 0 Å². The van der Waals surface area contributed by atoms with Crippen molar-refractivity contribution in [2.45, 2.75) is 20.0 Å². The van der Waals surface area contributed by atoms with Crippen LogP contribution in [0, 0.1) is 0 Å². The molecule has 0 atom stereocenters. The Morgan fingerprint density at radius 1 is 0.792 bits per heavy atom. The van der Waals surface area contributed by atoms with Gasteiger partial charge in [0.05, 0.1) is 0 Å². The highest BCUT2D eigenvalue weighted by atomic mass is 16.5. The first-order valence-electron chi connectivity index (χ1n) is 8.26. The fraction of sp³-hybridized carbons (Fsp3) is 0.190. The smallest absolute Gasteiger partial charge is 0.127 e. The molecule has 0 saturated heterocycles. The van der Waals surface area contributed by atoms with Crippen LogP contribution in [0.5, 0.6) is 11.5 Å². The lowest BCUT2D eigenvalue weighted by atomic mass is 10.2. The Balaban J connectivity index is 1.66. The van der Waals surface area contributed by atoms with Gasteiger partial charge in [-0.05, 0) is 54.1 Å². The van der Waals surface area contributed by atoms with Crippen molar-refractivity contribution in [2.75, 3.05) is 6.54 Å². The van der Waals surface area contributed by atoms with E-state index in [1.54, 1.807) is 0 Å². The maximum Gasteiger partial charge on any atom is 0.127 e. The largest absolute Gasteiger partial charge is 0.457 e. The van der Waals surface area contributed by atoms with Crippen LogP contribution < -0.4 is 4.74 Å². The Labute approximate surface area is 143 Å². The van der Waals surface area contributed by atoms with Crippen molar-refractivity contribution in [1.29, 1.82) is 0 Å². The molecule has 0 N–H and O–H groups in total. The SMILES string of the molecule is CCN(Cc1ccncc1)Cc1cccc(Oc2ccccc2)c1. The Morgan fingerprint density at radius 3 is 2.25 bits per heavy atom. The molecule has 3 rings (SSSR count). The summed E-state index contributed by atoms with van der Waals surface area (Å²) in [5, 5.41) is 0. The Kier molecular flexibility index (Phi) is 5.59. The number of ether oxygens (including phenoxy) is 1. The van der Waals surface area contributed by atoms with Crippen molar-refractivity contribution in [1.82, 2.24) is 9.88 Å². The molecule has 3 heteroatoms. The van der Waals surface area contributed by atoms with Crippen molar-refractivity contribution in [3.8, 4) is 11.5 Å². The first-order valence-corrected chi connectivity index (χ1v) is 8.26. The zero-order valence-corrected chi connectivity index (χ0v) is 13.9. The van der Waals surface area contributed by atoms with Gasteiger partial charge in [0.2, 0.25) is 0 Å². The van der Waals surface area contributed by atoms with Gasteiger partial charge in [-0.1, -0.05) is 37.3 Å². The van der Waals surface area contributed by atoms with Gasteiger partial charge in [0.25, 0.3) is 0 Å². The molecule has 0 saturated carbocycles. The maximum absolute atomic E-state index is 5.93. The summed E-state index contributed by atoms with van der Waals surface area (Å²) in [7, 11) is 0. The minimum Gasteiger partial charge on any atom is -0.457 e. The second kappa shape index (κ2) is 8.27. The first-order chi connectivity index (χ1) is 11.8. The molecule has 1 heterocycles. The second-order valence-electron chi connectivity index (χ2n) is 5.72. The number of benzene rings is 2. The Hall–Kier alpha value is -2.65. The van der Waals surface area contributed by atoms with Gasteiger partial charge >= 0.3 is 0 Å². The fourth-order valence-corrected chi connectivity index (χ4v) is 2.62. The van der Waals surface area contributed by atoms with Crippen molar-refractivity contribution in [2.24, 2.45) is 0 Å². The topological polar surface area (TPSA) is 25.4 Å². The third kappa shape index (κ3) is 4.67. The van der Waals surface area contributed by atoms with Gasteiger partial charge < -0.3 is 4.74 Å². The highest BCUT2D eigenvalue weighted by molar-refractivity contribution is 5.33. The van der Waals surface area contributed by atoms with E-state index in [4.69, 9.17) is 4.74 Å². The summed E-state index contributed by atoms with van der Waals surface area (Å²) in [6, 6.07) is 22.3. The van der Waals surface area contributed by atoms with Gasteiger partial charge in [0.15, 0.2) is 0 Å². The second-order valence-corrected chi connectivity index (χ2v) is 5.72.